The minimum Gasteiger partial charge on any atom is -0.354 e. The standard InChI is InChI=1S/C14H23N3O3S2/c18-12(15-5-6-17-7-8-22-14(17)20)9-21-10-13(19)16-11-3-1-2-4-11/h11H,1-10H2,(H,15,18)(H,16,19). The molecule has 124 valence electrons. The monoisotopic (exact) mass is 345 g/mol. The van der Waals surface area contributed by atoms with Gasteiger partial charge in [-0.15, -0.1) is 11.8 Å². The van der Waals surface area contributed by atoms with E-state index in [2.05, 4.69) is 10.6 Å². The Hall–Kier alpha value is -0.890. The van der Waals surface area contributed by atoms with Crippen LogP contribution in [0.2, 0.25) is 0 Å². The van der Waals surface area contributed by atoms with E-state index < -0.39 is 0 Å². The van der Waals surface area contributed by atoms with Crippen LogP contribution in [0.3, 0.4) is 0 Å². The number of amides is 3. The Morgan fingerprint density at radius 1 is 1.23 bits per heavy atom. The number of carbonyl (C=O) groups is 3. The first-order valence-corrected chi connectivity index (χ1v) is 9.84. The molecule has 0 bridgehead atoms. The summed E-state index contributed by atoms with van der Waals surface area (Å²) in [5.74, 6) is 1.37. The maximum Gasteiger partial charge on any atom is 0.281 e. The zero-order valence-electron chi connectivity index (χ0n) is 12.6. The Morgan fingerprint density at radius 3 is 2.64 bits per heavy atom. The predicted molar refractivity (Wildman–Crippen MR) is 90.2 cm³/mol. The zero-order valence-corrected chi connectivity index (χ0v) is 14.3. The minimum absolute atomic E-state index is 0.0180. The summed E-state index contributed by atoms with van der Waals surface area (Å²) in [6, 6.07) is 0.331. The molecule has 2 fully saturated rings. The van der Waals surface area contributed by atoms with Gasteiger partial charge in [0.05, 0.1) is 11.5 Å². The van der Waals surface area contributed by atoms with E-state index in [-0.39, 0.29) is 22.8 Å². The second kappa shape index (κ2) is 9.29. The van der Waals surface area contributed by atoms with Crippen LogP contribution in [0.15, 0.2) is 0 Å². The average molecular weight is 345 g/mol. The van der Waals surface area contributed by atoms with Crippen LogP contribution in [-0.4, -0.2) is 64.9 Å². The van der Waals surface area contributed by atoms with Crippen molar-refractivity contribution in [2.24, 2.45) is 0 Å². The molecular formula is C14H23N3O3S2. The second-order valence-electron chi connectivity index (χ2n) is 5.49. The normalized spacial score (nSPS) is 18.7. The van der Waals surface area contributed by atoms with E-state index in [4.69, 9.17) is 0 Å². The van der Waals surface area contributed by atoms with Gasteiger partial charge >= 0.3 is 0 Å². The number of rotatable bonds is 8. The topological polar surface area (TPSA) is 78.5 Å². The van der Waals surface area contributed by atoms with Crippen LogP contribution in [-0.2, 0) is 9.59 Å². The zero-order chi connectivity index (χ0) is 15.8. The summed E-state index contributed by atoms with van der Waals surface area (Å²) in [4.78, 5) is 36.5. The first-order chi connectivity index (χ1) is 10.6. The largest absolute Gasteiger partial charge is 0.354 e. The smallest absolute Gasteiger partial charge is 0.281 e. The summed E-state index contributed by atoms with van der Waals surface area (Å²) in [5.41, 5.74) is 0. The molecule has 3 amide bonds. The van der Waals surface area contributed by atoms with Crippen molar-refractivity contribution in [2.75, 3.05) is 36.9 Å². The molecule has 2 aliphatic rings. The third-order valence-corrected chi connectivity index (χ3v) is 5.56. The van der Waals surface area contributed by atoms with Crippen LogP contribution >= 0.6 is 23.5 Å². The van der Waals surface area contributed by atoms with E-state index >= 15 is 0 Å². The SMILES string of the molecule is O=C(CSCC(=O)NC1CCCC1)NCCN1CCSC1=O. The number of hydrogen-bond donors (Lipinski definition) is 2. The average Bonchev–Trinajstić information content (AvgIpc) is 3.11. The molecular weight excluding hydrogens is 322 g/mol. The van der Waals surface area contributed by atoms with Crippen molar-refractivity contribution in [1.82, 2.24) is 15.5 Å². The molecule has 2 N–H and O–H groups in total. The summed E-state index contributed by atoms with van der Waals surface area (Å²) in [6.07, 6.45) is 4.53. The lowest BCUT2D eigenvalue weighted by atomic mass is 10.2. The first-order valence-electron chi connectivity index (χ1n) is 7.70. The van der Waals surface area contributed by atoms with Gasteiger partial charge in [-0.3, -0.25) is 14.4 Å². The first kappa shape index (κ1) is 17.5. The van der Waals surface area contributed by atoms with Crippen molar-refractivity contribution >= 4 is 40.6 Å². The minimum atomic E-state index is -0.0852. The van der Waals surface area contributed by atoms with Gasteiger partial charge in [0.25, 0.3) is 5.24 Å². The summed E-state index contributed by atoms with van der Waals surface area (Å²) in [7, 11) is 0. The molecule has 1 saturated heterocycles. The third kappa shape index (κ3) is 6.08. The Balaban J connectivity index is 1.48. The van der Waals surface area contributed by atoms with E-state index in [1.165, 1.54) is 36.4 Å². The van der Waals surface area contributed by atoms with Crippen molar-refractivity contribution in [3.8, 4) is 0 Å². The van der Waals surface area contributed by atoms with Gasteiger partial charge in [0.15, 0.2) is 0 Å². The van der Waals surface area contributed by atoms with Crippen molar-refractivity contribution in [3.63, 3.8) is 0 Å². The van der Waals surface area contributed by atoms with Crippen LogP contribution in [0.4, 0.5) is 4.79 Å². The molecule has 1 aliphatic carbocycles. The van der Waals surface area contributed by atoms with E-state index in [1.54, 1.807) is 4.90 Å². The van der Waals surface area contributed by atoms with E-state index in [0.717, 1.165) is 25.1 Å². The summed E-state index contributed by atoms with van der Waals surface area (Å²) in [6.45, 7) is 1.79. The van der Waals surface area contributed by atoms with E-state index in [9.17, 15) is 14.4 Å². The molecule has 6 nitrogen and oxygen atoms in total. The number of hydrogen-bond acceptors (Lipinski definition) is 5. The summed E-state index contributed by atoms with van der Waals surface area (Å²) < 4.78 is 0. The van der Waals surface area contributed by atoms with Gasteiger partial charge in [-0.1, -0.05) is 24.6 Å². The van der Waals surface area contributed by atoms with Crippen LogP contribution in [0.5, 0.6) is 0 Å². The maximum absolute atomic E-state index is 11.7. The lowest BCUT2D eigenvalue weighted by molar-refractivity contribution is -0.119. The van der Waals surface area contributed by atoms with Crippen LogP contribution in [0, 0.1) is 0 Å². The fourth-order valence-corrected chi connectivity index (χ4v) is 4.10. The lowest BCUT2D eigenvalue weighted by Gasteiger charge is -2.14. The fraction of sp³-hybridized carbons (Fsp3) is 0.786. The third-order valence-electron chi connectivity index (χ3n) is 3.74. The van der Waals surface area contributed by atoms with Crippen molar-refractivity contribution < 1.29 is 14.4 Å². The van der Waals surface area contributed by atoms with Gasteiger partial charge in [0, 0.05) is 31.4 Å². The molecule has 0 radical (unpaired) electrons. The van der Waals surface area contributed by atoms with Crippen molar-refractivity contribution in [1.29, 1.82) is 0 Å². The maximum atomic E-state index is 11.7. The molecule has 1 aliphatic heterocycles. The molecule has 22 heavy (non-hydrogen) atoms. The highest BCUT2D eigenvalue weighted by atomic mass is 32.2. The van der Waals surface area contributed by atoms with E-state index in [0.29, 0.717) is 24.9 Å². The molecule has 0 aromatic carbocycles. The van der Waals surface area contributed by atoms with Crippen molar-refractivity contribution in [3.05, 3.63) is 0 Å². The second-order valence-corrected chi connectivity index (χ2v) is 7.52. The fourth-order valence-electron chi connectivity index (χ4n) is 2.59. The molecule has 0 atom stereocenters. The molecule has 8 heteroatoms. The number of nitrogens with one attached hydrogen (secondary N) is 2. The van der Waals surface area contributed by atoms with Crippen LogP contribution in [0.25, 0.3) is 0 Å². The quantitative estimate of drug-likeness (QED) is 0.688. The highest BCUT2D eigenvalue weighted by Gasteiger charge is 2.20. The lowest BCUT2D eigenvalue weighted by Crippen LogP contribution is -2.36. The number of thioether (sulfide) groups is 2. The highest BCUT2D eigenvalue weighted by molar-refractivity contribution is 8.13. The van der Waals surface area contributed by atoms with Gasteiger partial charge in [0.1, 0.15) is 0 Å². The molecule has 0 aromatic heterocycles. The predicted octanol–water partition coefficient (Wildman–Crippen LogP) is 1.06. The molecule has 1 heterocycles. The van der Waals surface area contributed by atoms with Gasteiger partial charge in [-0.2, -0.15) is 0 Å². The van der Waals surface area contributed by atoms with Crippen LogP contribution < -0.4 is 10.6 Å². The summed E-state index contributed by atoms with van der Waals surface area (Å²) in [5, 5.41) is 5.87. The molecule has 1 saturated carbocycles. The number of nitrogens with zero attached hydrogens (tertiary/aromatic N) is 1. The van der Waals surface area contributed by atoms with Crippen LogP contribution in [0.1, 0.15) is 25.7 Å². The van der Waals surface area contributed by atoms with Gasteiger partial charge < -0.3 is 15.5 Å². The number of carbonyl (C=O) groups excluding carboxylic acids is 3. The van der Waals surface area contributed by atoms with Gasteiger partial charge in [0.2, 0.25) is 11.8 Å². The molecule has 0 spiro atoms. The highest BCUT2D eigenvalue weighted by Crippen LogP contribution is 2.18. The summed E-state index contributed by atoms with van der Waals surface area (Å²) >= 11 is 2.65. The molecule has 2 rings (SSSR count). The molecule has 0 aromatic rings. The Bertz CT molecular complexity index is 414. The Morgan fingerprint density at radius 2 is 1.95 bits per heavy atom. The van der Waals surface area contributed by atoms with Gasteiger partial charge in [-0.25, -0.2) is 0 Å². The molecule has 0 unspecified atom stereocenters. The Labute approximate surface area is 139 Å². The van der Waals surface area contributed by atoms with Gasteiger partial charge in [-0.05, 0) is 12.8 Å². The van der Waals surface area contributed by atoms with E-state index in [1.807, 2.05) is 0 Å². The Kier molecular flexibility index (Phi) is 7.38. The van der Waals surface area contributed by atoms with Crippen molar-refractivity contribution in [2.45, 2.75) is 31.7 Å².